The summed E-state index contributed by atoms with van der Waals surface area (Å²) in [4.78, 5) is 14.8. The van der Waals surface area contributed by atoms with Crippen LogP contribution in [0.1, 0.15) is 92.7 Å². The highest BCUT2D eigenvalue weighted by Gasteiger charge is 2.26. The molecule has 0 radical (unpaired) electrons. The first kappa shape index (κ1) is 67.4. The molecule has 6 aromatic rings. The van der Waals surface area contributed by atoms with Crippen molar-refractivity contribution in [3.8, 4) is 0 Å². The number of non-ortho nitro benzene ring substituents is 1. The number of nitro groups is 1. The normalized spacial score (nSPS) is 11.8. The van der Waals surface area contributed by atoms with E-state index in [0.29, 0.717) is 26.0 Å². The number of hydrogen-bond acceptors (Lipinski definition) is 14. The van der Waals surface area contributed by atoms with Gasteiger partial charge < -0.3 is 4.90 Å². The SMILES string of the molecule is CN(C)c1cccc2c(S(=O)(=O)NN)cccc12.CNS(=O)(=O)c1c(C(C)C)cc(C(C)C)cc1C(C)C.CNS(=O)(=O)c1c(C)cc(C)cc1C.CNS(=O)(=O)c1ccc([N+](=O)[O-])cc1.CNS(=O)(=O)c1ccccc1. The van der Waals surface area contributed by atoms with Gasteiger partial charge in [-0.25, -0.2) is 61.0 Å². The standard InChI is InChI=1S/C16H27NO2S.C12H15N3O2S.C10H15NO2S.C7H8N2O4S.C7H9NO2S/c1-10(2)13-8-14(11(3)4)16(20(18,19)17-7)15(9-13)12(5)6;1-15(2)11-7-3-6-10-9(11)5-4-8-12(10)18(16,17)14-13;1-7-5-8(2)10(9(3)6-7)14(12,13)11-4;1-8-14(12,13)7-4-2-6(3-5-7)9(10)11;1-8-11(9,10)7-5-3-2-4-6-7/h8-12,17H,1-7H3;3-8,14H,13H2,1-2H3;5-6,11H,1-4H3;2-5,8H,1H3;2-6,8H,1H3. The number of hydrogen-bond donors (Lipinski definition) is 6. The molecule has 0 heterocycles. The van der Waals surface area contributed by atoms with Crippen molar-refractivity contribution in [2.45, 2.75) is 105 Å². The van der Waals surface area contributed by atoms with Crippen molar-refractivity contribution in [1.29, 1.82) is 0 Å². The summed E-state index contributed by atoms with van der Waals surface area (Å²) in [7, 11) is -7.80. The molecule has 0 saturated carbocycles. The van der Waals surface area contributed by atoms with Crippen molar-refractivity contribution < 1.29 is 47.0 Å². The number of hydrazine groups is 1. The molecule has 0 amide bonds. The van der Waals surface area contributed by atoms with Crippen LogP contribution in [0.25, 0.3) is 10.8 Å². The number of aryl methyl sites for hydroxylation is 3. The Labute approximate surface area is 456 Å². The maximum atomic E-state index is 12.4. The van der Waals surface area contributed by atoms with Gasteiger partial charge in [-0.05, 0) is 131 Å². The van der Waals surface area contributed by atoms with Crippen LogP contribution in [0.2, 0.25) is 0 Å². The molecule has 77 heavy (non-hydrogen) atoms. The molecule has 7 N–H and O–H groups in total. The molecule has 0 atom stereocenters. The third-order valence-electron chi connectivity index (χ3n) is 11.5. The van der Waals surface area contributed by atoms with Gasteiger partial charge in [0.05, 0.1) is 29.4 Å². The number of benzene rings is 6. The second-order valence-electron chi connectivity index (χ2n) is 18.3. The smallest absolute Gasteiger partial charge is 0.269 e. The third-order valence-corrected chi connectivity index (χ3v) is 18.9. The topological polar surface area (TPSA) is 303 Å². The zero-order valence-corrected chi connectivity index (χ0v) is 50.2. The number of fused-ring (bicyclic) bond motifs is 1. The van der Waals surface area contributed by atoms with Crippen LogP contribution < -0.4 is 34.5 Å². The largest absolute Gasteiger partial charge is 0.377 e. The van der Waals surface area contributed by atoms with Gasteiger partial charge >= 0.3 is 0 Å². The monoisotopic (exact) mass is 1160 g/mol. The van der Waals surface area contributed by atoms with Crippen LogP contribution in [0.5, 0.6) is 0 Å². The predicted molar refractivity (Wildman–Crippen MR) is 307 cm³/mol. The molecule has 6 aromatic carbocycles. The maximum Gasteiger partial charge on any atom is 0.269 e. The van der Waals surface area contributed by atoms with Crippen LogP contribution in [0.4, 0.5) is 11.4 Å². The van der Waals surface area contributed by atoms with E-state index >= 15 is 0 Å². The van der Waals surface area contributed by atoms with Gasteiger partial charge in [-0.1, -0.05) is 114 Å². The minimum Gasteiger partial charge on any atom is -0.377 e. The highest BCUT2D eigenvalue weighted by molar-refractivity contribution is 7.90. The van der Waals surface area contributed by atoms with E-state index in [1.54, 1.807) is 42.5 Å². The lowest BCUT2D eigenvalue weighted by molar-refractivity contribution is -0.384. The summed E-state index contributed by atoms with van der Waals surface area (Å²) in [5.74, 6) is 5.81. The van der Waals surface area contributed by atoms with E-state index in [2.05, 4.69) is 32.7 Å². The van der Waals surface area contributed by atoms with Gasteiger partial charge in [0.25, 0.3) is 15.7 Å². The molecule has 0 saturated heterocycles. The summed E-state index contributed by atoms with van der Waals surface area (Å²) in [5, 5.41) is 11.8. The Kier molecular flexibility index (Phi) is 25.2. The van der Waals surface area contributed by atoms with Gasteiger partial charge in [0.15, 0.2) is 0 Å². The molecule has 0 bridgehead atoms. The first-order chi connectivity index (χ1) is 35.6. The zero-order valence-electron chi connectivity index (χ0n) is 46.1. The molecule has 0 aliphatic heterocycles. The average Bonchev–Trinajstić information content (AvgIpc) is 3.38. The molecule has 6 rings (SSSR count). The van der Waals surface area contributed by atoms with Gasteiger partial charge in [0.2, 0.25) is 40.1 Å². The number of nitrogens with two attached hydrogens (primary N) is 1. The van der Waals surface area contributed by atoms with E-state index in [0.717, 1.165) is 51.0 Å². The van der Waals surface area contributed by atoms with Crippen molar-refractivity contribution >= 4 is 72.3 Å². The lowest BCUT2D eigenvalue weighted by atomic mass is 9.89. The van der Waals surface area contributed by atoms with Crippen LogP contribution in [0.3, 0.4) is 0 Å². The summed E-state index contributed by atoms with van der Waals surface area (Å²) in [5.41, 5.74) is 6.50. The van der Waals surface area contributed by atoms with E-state index in [1.165, 1.54) is 52.0 Å². The molecule has 0 aliphatic carbocycles. The van der Waals surface area contributed by atoms with E-state index in [9.17, 15) is 52.2 Å². The highest BCUT2D eigenvalue weighted by Crippen LogP contribution is 2.35. The van der Waals surface area contributed by atoms with E-state index in [-0.39, 0.29) is 27.3 Å². The molecule has 25 heteroatoms. The predicted octanol–water partition coefficient (Wildman–Crippen LogP) is 7.64. The Bertz CT molecular complexity index is 3490. The fourth-order valence-corrected chi connectivity index (χ4v) is 12.4. The van der Waals surface area contributed by atoms with Crippen LogP contribution in [-0.2, 0) is 50.1 Å². The van der Waals surface area contributed by atoms with E-state index in [4.69, 9.17) is 5.84 Å². The fourth-order valence-electron chi connectivity index (χ4n) is 7.53. The van der Waals surface area contributed by atoms with E-state index < -0.39 is 55.0 Å². The first-order valence-corrected chi connectivity index (χ1v) is 31.2. The van der Waals surface area contributed by atoms with Gasteiger partial charge in [0.1, 0.15) is 0 Å². The molecule has 0 aliphatic rings. The quantitative estimate of drug-likeness (QED) is 0.0327. The van der Waals surface area contributed by atoms with Crippen LogP contribution in [0, 0.1) is 30.9 Å². The van der Waals surface area contributed by atoms with Crippen molar-refractivity contribution in [3.05, 3.63) is 159 Å². The number of nitrogens with one attached hydrogen (secondary N) is 5. The number of nitro benzene ring substituents is 1. The Morgan fingerprint density at radius 1 is 0.494 bits per heavy atom. The highest BCUT2D eigenvalue weighted by atomic mass is 32.2. The molecule has 0 unspecified atom stereocenters. The third kappa shape index (κ3) is 18.5. The number of nitrogens with zero attached hydrogens (tertiary/aromatic N) is 2. The van der Waals surface area contributed by atoms with Crippen molar-refractivity contribution in [1.82, 2.24) is 23.7 Å². The molecule has 424 valence electrons. The first-order valence-electron chi connectivity index (χ1n) is 23.8. The summed E-state index contributed by atoms with van der Waals surface area (Å²) in [6.45, 7) is 18.0. The second-order valence-corrected chi connectivity index (χ2v) is 27.4. The Morgan fingerprint density at radius 2 is 0.909 bits per heavy atom. The Hall–Kier alpha value is -5.71. The van der Waals surface area contributed by atoms with Crippen LogP contribution in [0.15, 0.2) is 140 Å². The minimum atomic E-state index is -3.66. The lowest BCUT2D eigenvalue weighted by Gasteiger charge is -2.22. The van der Waals surface area contributed by atoms with E-state index in [1.807, 2.05) is 115 Å². The fraction of sp³-hybridized carbons (Fsp3) is 0.346. The van der Waals surface area contributed by atoms with Gasteiger partial charge in [-0.3, -0.25) is 16.0 Å². The minimum absolute atomic E-state index is 0.00519. The van der Waals surface area contributed by atoms with Gasteiger partial charge in [-0.2, -0.15) is 4.83 Å². The summed E-state index contributed by atoms with van der Waals surface area (Å²) in [6.07, 6.45) is 0. The maximum absolute atomic E-state index is 12.4. The molecule has 20 nitrogen and oxygen atoms in total. The van der Waals surface area contributed by atoms with Crippen molar-refractivity contribution in [2.75, 3.05) is 47.2 Å². The molecule has 0 spiro atoms. The lowest BCUT2D eigenvalue weighted by Crippen LogP contribution is -2.30. The summed E-state index contributed by atoms with van der Waals surface area (Å²) >= 11 is 0. The van der Waals surface area contributed by atoms with Crippen molar-refractivity contribution in [2.24, 2.45) is 5.84 Å². The Morgan fingerprint density at radius 3 is 1.30 bits per heavy atom. The summed E-state index contributed by atoms with van der Waals surface area (Å²) < 4.78 is 126. The molecular formula is C52H74N8O12S5. The second kappa shape index (κ2) is 28.8. The van der Waals surface area contributed by atoms with Gasteiger partial charge in [0, 0.05) is 42.7 Å². The summed E-state index contributed by atoms with van der Waals surface area (Å²) in [6, 6.07) is 31.4. The average molecular weight is 1160 g/mol. The molecule has 0 aromatic heterocycles. The zero-order chi connectivity index (χ0) is 59.0. The number of rotatable bonds is 15. The van der Waals surface area contributed by atoms with Crippen molar-refractivity contribution in [3.63, 3.8) is 0 Å². The van der Waals surface area contributed by atoms with Gasteiger partial charge in [-0.15, -0.1) is 0 Å². The number of sulfonamides is 5. The molecule has 0 fully saturated rings. The van der Waals surface area contributed by atoms with Crippen LogP contribution in [-0.4, -0.2) is 89.3 Å². The van der Waals surface area contributed by atoms with Crippen LogP contribution >= 0.6 is 0 Å². The Balaban J connectivity index is 0.000000334. The number of anilines is 1. The molecular weight excluding hydrogens is 1090 g/mol.